The Balaban J connectivity index is 1.62. The van der Waals surface area contributed by atoms with Crippen LogP contribution in [0.1, 0.15) is 61.0 Å². The van der Waals surface area contributed by atoms with Crippen LogP contribution < -0.4 is 0 Å². The average Bonchev–Trinajstić information content (AvgIpc) is 2.82. The highest BCUT2D eigenvalue weighted by Crippen LogP contribution is 2.46. The van der Waals surface area contributed by atoms with E-state index in [0.717, 1.165) is 16.7 Å². The van der Waals surface area contributed by atoms with Gasteiger partial charge in [-0.25, -0.2) is 9.18 Å². The van der Waals surface area contributed by atoms with E-state index in [0.29, 0.717) is 30.4 Å². The Kier molecular flexibility index (Phi) is 7.66. The summed E-state index contributed by atoms with van der Waals surface area (Å²) in [7, 11) is 0. The third kappa shape index (κ3) is 6.06. The van der Waals surface area contributed by atoms with Gasteiger partial charge in [-0.2, -0.15) is 4.89 Å². The molecule has 0 bridgehead atoms. The van der Waals surface area contributed by atoms with Gasteiger partial charge in [0.2, 0.25) is 0 Å². The van der Waals surface area contributed by atoms with Crippen molar-refractivity contribution in [2.45, 2.75) is 64.8 Å². The summed E-state index contributed by atoms with van der Waals surface area (Å²) in [6.07, 6.45) is 6.31. The first kappa shape index (κ1) is 25.7. The van der Waals surface area contributed by atoms with Gasteiger partial charge in [-0.3, -0.25) is 14.7 Å². The summed E-state index contributed by atoms with van der Waals surface area (Å²) in [5.41, 5.74) is 3.15. The second-order valence-corrected chi connectivity index (χ2v) is 9.95. The SMILES string of the molecule is Cc1cc(C2=C(/C=C/[C@H]3C[C@H](O)CC(=O)O3)C(C)(C)CC(OOC(=O)c3ccncc3)C2)ccc1F. The van der Waals surface area contributed by atoms with Gasteiger partial charge in [-0.15, -0.1) is 0 Å². The smallest absolute Gasteiger partial charge is 0.373 e. The number of aromatic nitrogens is 1. The number of carbonyl (C=O) groups excluding carboxylic acids is 2. The minimum absolute atomic E-state index is 0.00410. The number of pyridine rings is 1. The maximum absolute atomic E-state index is 14.0. The Morgan fingerprint density at radius 3 is 2.67 bits per heavy atom. The zero-order valence-corrected chi connectivity index (χ0v) is 20.6. The highest BCUT2D eigenvalue weighted by molar-refractivity contribution is 5.88. The van der Waals surface area contributed by atoms with Crippen LogP contribution in [0.25, 0.3) is 5.57 Å². The van der Waals surface area contributed by atoms with Crippen LogP contribution in [0.2, 0.25) is 0 Å². The van der Waals surface area contributed by atoms with Crippen molar-refractivity contribution in [3.63, 3.8) is 0 Å². The number of aryl methyl sites for hydroxylation is 1. The van der Waals surface area contributed by atoms with Gasteiger partial charge in [-0.1, -0.05) is 26.0 Å². The number of rotatable bonds is 6. The van der Waals surface area contributed by atoms with Gasteiger partial charge < -0.3 is 9.84 Å². The van der Waals surface area contributed by atoms with Crippen LogP contribution in [-0.4, -0.2) is 40.3 Å². The third-order valence-electron chi connectivity index (χ3n) is 6.57. The highest BCUT2D eigenvalue weighted by Gasteiger charge is 2.37. The molecule has 36 heavy (non-hydrogen) atoms. The fourth-order valence-electron chi connectivity index (χ4n) is 4.78. The number of aliphatic hydroxyl groups is 1. The number of cyclic esters (lactones) is 1. The molecule has 8 heteroatoms. The summed E-state index contributed by atoms with van der Waals surface area (Å²) in [5, 5.41) is 9.95. The van der Waals surface area contributed by atoms with Crippen LogP contribution in [0.4, 0.5) is 4.39 Å². The molecule has 1 fully saturated rings. The molecule has 2 heterocycles. The summed E-state index contributed by atoms with van der Waals surface area (Å²) in [6.45, 7) is 5.80. The van der Waals surface area contributed by atoms with Crippen molar-refractivity contribution in [2.24, 2.45) is 5.41 Å². The van der Waals surface area contributed by atoms with E-state index in [1.54, 1.807) is 37.3 Å². The van der Waals surface area contributed by atoms with Gasteiger partial charge in [0.15, 0.2) is 0 Å². The maximum Gasteiger partial charge on any atom is 0.373 e. The Hall–Kier alpha value is -3.36. The van der Waals surface area contributed by atoms with E-state index in [1.807, 2.05) is 19.9 Å². The number of hydrogen-bond acceptors (Lipinski definition) is 7. The van der Waals surface area contributed by atoms with Gasteiger partial charge in [0.1, 0.15) is 18.0 Å². The predicted molar refractivity (Wildman–Crippen MR) is 130 cm³/mol. The average molecular weight is 496 g/mol. The molecule has 2 aromatic rings. The molecule has 1 unspecified atom stereocenters. The molecule has 0 spiro atoms. The van der Waals surface area contributed by atoms with E-state index in [1.165, 1.54) is 18.5 Å². The first-order chi connectivity index (χ1) is 17.1. The number of halogens is 1. The van der Waals surface area contributed by atoms with Gasteiger partial charge in [0, 0.05) is 25.2 Å². The Labute approximate surface area is 209 Å². The summed E-state index contributed by atoms with van der Waals surface area (Å²) in [6, 6.07) is 8.02. The fraction of sp³-hybridized carbons (Fsp3) is 0.393. The highest BCUT2D eigenvalue weighted by atomic mass is 19.1. The van der Waals surface area contributed by atoms with Crippen LogP contribution in [0.15, 0.2) is 60.5 Å². The Morgan fingerprint density at radius 2 is 1.97 bits per heavy atom. The minimum atomic E-state index is -0.735. The summed E-state index contributed by atoms with van der Waals surface area (Å²) in [4.78, 5) is 38.8. The lowest BCUT2D eigenvalue weighted by molar-refractivity contribution is -0.278. The van der Waals surface area contributed by atoms with Crippen molar-refractivity contribution in [3.8, 4) is 0 Å². The van der Waals surface area contributed by atoms with Gasteiger partial charge in [0.05, 0.1) is 18.1 Å². The molecular formula is C28H30FNO6. The number of aliphatic hydroxyl groups excluding tert-OH is 1. The van der Waals surface area contributed by atoms with Crippen LogP contribution in [0, 0.1) is 18.2 Å². The van der Waals surface area contributed by atoms with Gasteiger partial charge >= 0.3 is 11.9 Å². The monoisotopic (exact) mass is 495 g/mol. The zero-order valence-electron chi connectivity index (χ0n) is 20.6. The number of carbonyl (C=O) groups is 2. The molecule has 7 nitrogen and oxygen atoms in total. The lowest BCUT2D eigenvalue weighted by Crippen LogP contribution is -2.32. The second-order valence-electron chi connectivity index (χ2n) is 9.95. The first-order valence-electron chi connectivity index (χ1n) is 12.0. The Bertz CT molecular complexity index is 1190. The van der Waals surface area contributed by atoms with Crippen molar-refractivity contribution < 1.29 is 33.6 Å². The van der Waals surface area contributed by atoms with Crippen LogP contribution in [0.3, 0.4) is 0 Å². The lowest BCUT2D eigenvalue weighted by atomic mass is 9.69. The first-order valence-corrected chi connectivity index (χ1v) is 12.0. The van der Waals surface area contributed by atoms with Crippen molar-refractivity contribution in [1.29, 1.82) is 0 Å². The molecule has 190 valence electrons. The molecule has 1 aliphatic carbocycles. The van der Waals surface area contributed by atoms with Crippen LogP contribution >= 0.6 is 0 Å². The summed E-state index contributed by atoms with van der Waals surface area (Å²) in [5.74, 6) is -1.34. The second kappa shape index (κ2) is 10.7. The number of hydrogen-bond donors (Lipinski definition) is 1. The molecule has 1 aromatic carbocycles. The molecule has 0 amide bonds. The molecule has 1 aromatic heterocycles. The van der Waals surface area contributed by atoms with Crippen LogP contribution in [0.5, 0.6) is 0 Å². The van der Waals surface area contributed by atoms with Crippen LogP contribution in [-0.2, 0) is 19.3 Å². The standard InChI is InChI=1S/C28H30FNO6/c1-17-12-19(4-7-25(17)29)23-15-22(35-36-27(33)18-8-10-30-11-9-18)16-28(2,3)24(23)6-5-21-13-20(31)14-26(32)34-21/h4-12,20-22,31H,13-16H2,1-3H3/b6-5+/t20-,21-,22?/m0/s1. The molecule has 0 radical (unpaired) electrons. The summed E-state index contributed by atoms with van der Waals surface area (Å²) < 4.78 is 19.4. The topological polar surface area (TPSA) is 95.0 Å². The molecule has 4 rings (SSSR count). The molecular weight excluding hydrogens is 465 g/mol. The van der Waals surface area contributed by atoms with Gasteiger partial charge in [-0.05, 0) is 71.4 Å². The van der Waals surface area contributed by atoms with E-state index < -0.39 is 35.7 Å². The van der Waals surface area contributed by atoms with E-state index in [9.17, 15) is 19.1 Å². The van der Waals surface area contributed by atoms with Crippen molar-refractivity contribution in [1.82, 2.24) is 4.98 Å². The minimum Gasteiger partial charge on any atom is -0.458 e. The van der Waals surface area contributed by atoms with E-state index >= 15 is 0 Å². The number of ether oxygens (including phenoxy) is 1. The molecule has 1 aliphatic heterocycles. The predicted octanol–water partition coefficient (Wildman–Crippen LogP) is 4.88. The lowest BCUT2D eigenvalue weighted by Gasteiger charge is -2.38. The quantitative estimate of drug-likeness (QED) is 0.347. The Morgan fingerprint density at radius 1 is 1.22 bits per heavy atom. The maximum atomic E-state index is 14.0. The number of benzene rings is 1. The number of esters is 1. The van der Waals surface area contributed by atoms with E-state index in [4.69, 9.17) is 14.5 Å². The molecule has 1 saturated heterocycles. The molecule has 3 atom stereocenters. The molecule has 1 N–H and O–H groups in total. The molecule has 2 aliphatic rings. The van der Waals surface area contributed by atoms with Crippen molar-refractivity contribution in [2.75, 3.05) is 0 Å². The van der Waals surface area contributed by atoms with Crippen molar-refractivity contribution in [3.05, 3.63) is 83.0 Å². The third-order valence-corrected chi connectivity index (χ3v) is 6.57. The fourth-order valence-corrected chi connectivity index (χ4v) is 4.78. The zero-order chi connectivity index (χ0) is 25.9. The van der Waals surface area contributed by atoms with Crippen molar-refractivity contribution >= 4 is 17.5 Å². The van der Waals surface area contributed by atoms with E-state index in [2.05, 4.69) is 4.98 Å². The normalized spacial score (nSPS) is 24.0. The summed E-state index contributed by atoms with van der Waals surface area (Å²) >= 11 is 0. The largest absolute Gasteiger partial charge is 0.458 e. The number of allylic oxidation sites excluding steroid dienone is 2. The van der Waals surface area contributed by atoms with Gasteiger partial charge in [0.25, 0.3) is 0 Å². The van der Waals surface area contributed by atoms with E-state index in [-0.39, 0.29) is 12.2 Å². The molecule has 0 saturated carbocycles. The number of nitrogens with zero attached hydrogens (tertiary/aromatic N) is 1.